The summed E-state index contributed by atoms with van der Waals surface area (Å²) in [6.45, 7) is 0.120. The SMILES string of the molecule is C#CCOc1ccc2ccccc2c1/C=N\NC(=O)C(=O)NC1CC1. The largest absolute Gasteiger partial charge is 0.480 e. The lowest BCUT2D eigenvalue weighted by Gasteiger charge is -2.09. The quantitative estimate of drug-likeness (QED) is 0.377. The Hall–Kier alpha value is -3.33. The van der Waals surface area contributed by atoms with Crippen molar-refractivity contribution in [3.63, 3.8) is 0 Å². The number of fused-ring (bicyclic) bond motifs is 1. The second-order valence-electron chi connectivity index (χ2n) is 5.64. The van der Waals surface area contributed by atoms with E-state index in [1.54, 1.807) is 6.07 Å². The predicted octanol–water partition coefficient (Wildman–Crippen LogP) is 1.58. The highest BCUT2D eigenvalue weighted by atomic mass is 16.5. The van der Waals surface area contributed by atoms with Crippen LogP contribution in [0.4, 0.5) is 0 Å². The van der Waals surface area contributed by atoms with E-state index in [1.165, 1.54) is 6.21 Å². The first-order valence-electron chi connectivity index (χ1n) is 7.91. The molecular weight excluding hydrogens is 318 g/mol. The maximum atomic E-state index is 11.7. The standard InChI is InChI=1S/C19H17N3O3/c1-2-11-25-17-10-7-13-5-3-4-6-15(13)16(17)12-20-22-19(24)18(23)21-14-8-9-14/h1,3-7,10,12,14H,8-9,11H2,(H,21,23)(H,22,24)/b20-12-. The van der Waals surface area contributed by atoms with Crippen molar-refractivity contribution in [1.29, 1.82) is 0 Å². The Morgan fingerprint density at radius 2 is 2.04 bits per heavy atom. The molecule has 0 atom stereocenters. The molecule has 0 spiro atoms. The third kappa shape index (κ3) is 4.15. The number of ether oxygens (including phenoxy) is 1. The summed E-state index contributed by atoms with van der Waals surface area (Å²) in [6, 6.07) is 11.5. The van der Waals surface area contributed by atoms with Crippen LogP contribution in [0, 0.1) is 12.3 Å². The second-order valence-corrected chi connectivity index (χ2v) is 5.64. The first kappa shape index (κ1) is 16.5. The van der Waals surface area contributed by atoms with Crippen LogP contribution in [0.25, 0.3) is 10.8 Å². The Morgan fingerprint density at radius 3 is 2.80 bits per heavy atom. The molecule has 0 aliphatic heterocycles. The summed E-state index contributed by atoms with van der Waals surface area (Å²) in [5.74, 6) is 1.49. The zero-order valence-electron chi connectivity index (χ0n) is 13.5. The molecular formula is C19H17N3O3. The molecule has 126 valence electrons. The molecule has 0 bridgehead atoms. The van der Waals surface area contributed by atoms with Crippen LogP contribution in [0.3, 0.4) is 0 Å². The van der Waals surface area contributed by atoms with Crippen molar-refractivity contribution in [2.45, 2.75) is 18.9 Å². The van der Waals surface area contributed by atoms with Crippen LogP contribution >= 0.6 is 0 Å². The minimum absolute atomic E-state index is 0.115. The summed E-state index contributed by atoms with van der Waals surface area (Å²) in [7, 11) is 0. The van der Waals surface area contributed by atoms with Gasteiger partial charge in [-0.1, -0.05) is 36.3 Å². The molecule has 0 saturated heterocycles. The van der Waals surface area contributed by atoms with Gasteiger partial charge in [0.2, 0.25) is 0 Å². The molecule has 2 aromatic carbocycles. The number of nitrogens with one attached hydrogen (secondary N) is 2. The highest BCUT2D eigenvalue weighted by molar-refractivity contribution is 6.35. The van der Waals surface area contributed by atoms with E-state index in [-0.39, 0.29) is 12.6 Å². The van der Waals surface area contributed by atoms with Gasteiger partial charge in [0.25, 0.3) is 0 Å². The normalized spacial score (nSPS) is 13.4. The molecule has 6 nitrogen and oxygen atoms in total. The van der Waals surface area contributed by atoms with E-state index in [9.17, 15) is 9.59 Å². The first-order chi connectivity index (χ1) is 12.2. The summed E-state index contributed by atoms with van der Waals surface area (Å²) in [5, 5.41) is 8.39. The van der Waals surface area contributed by atoms with Crippen LogP contribution < -0.4 is 15.5 Å². The van der Waals surface area contributed by atoms with Crippen molar-refractivity contribution < 1.29 is 14.3 Å². The van der Waals surface area contributed by atoms with Crippen LogP contribution in [0.2, 0.25) is 0 Å². The van der Waals surface area contributed by atoms with Crippen molar-refractivity contribution in [3.8, 4) is 18.1 Å². The number of rotatable bonds is 5. The Bertz CT molecular complexity index is 879. The molecule has 1 aliphatic carbocycles. The number of benzene rings is 2. The average molecular weight is 335 g/mol. The lowest BCUT2D eigenvalue weighted by atomic mass is 10.0. The number of terminal acetylenes is 1. The van der Waals surface area contributed by atoms with Gasteiger partial charge in [0.15, 0.2) is 0 Å². The Labute approximate surface area is 145 Å². The van der Waals surface area contributed by atoms with Gasteiger partial charge < -0.3 is 10.1 Å². The van der Waals surface area contributed by atoms with Crippen molar-refractivity contribution in [1.82, 2.24) is 10.7 Å². The molecule has 2 aromatic rings. The fourth-order valence-corrected chi connectivity index (χ4v) is 2.34. The number of nitrogens with zero attached hydrogens (tertiary/aromatic N) is 1. The van der Waals surface area contributed by atoms with Crippen LogP contribution in [0.1, 0.15) is 18.4 Å². The van der Waals surface area contributed by atoms with Crippen LogP contribution in [-0.4, -0.2) is 30.7 Å². The predicted molar refractivity (Wildman–Crippen MR) is 95.2 cm³/mol. The highest BCUT2D eigenvalue weighted by Crippen LogP contribution is 2.26. The molecule has 0 heterocycles. The number of hydrogen-bond acceptors (Lipinski definition) is 4. The minimum Gasteiger partial charge on any atom is -0.480 e. The van der Waals surface area contributed by atoms with Crippen molar-refractivity contribution >= 4 is 28.8 Å². The van der Waals surface area contributed by atoms with Crippen LogP contribution in [0.15, 0.2) is 41.5 Å². The maximum absolute atomic E-state index is 11.7. The summed E-state index contributed by atoms with van der Waals surface area (Å²) >= 11 is 0. The van der Waals surface area contributed by atoms with E-state index in [0.29, 0.717) is 11.3 Å². The fraction of sp³-hybridized carbons (Fsp3) is 0.211. The van der Waals surface area contributed by atoms with Gasteiger partial charge >= 0.3 is 11.8 Å². The topological polar surface area (TPSA) is 79.8 Å². The number of hydrogen-bond donors (Lipinski definition) is 2. The summed E-state index contributed by atoms with van der Waals surface area (Å²) in [5.41, 5.74) is 2.91. The van der Waals surface area contributed by atoms with E-state index in [2.05, 4.69) is 21.8 Å². The highest BCUT2D eigenvalue weighted by Gasteiger charge is 2.26. The molecule has 1 saturated carbocycles. The number of amides is 2. The molecule has 0 aromatic heterocycles. The molecule has 2 N–H and O–H groups in total. The fourth-order valence-electron chi connectivity index (χ4n) is 2.34. The Morgan fingerprint density at radius 1 is 1.24 bits per heavy atom. The zero-order chi connectivity index (χ0) is 17.6. The average Bonchev–Trinajstić information content (AvgIpc) is 3.44. The number of carbonyl (C=O) groups is 2. The van der Waals surface area contributed by atoms with Crippen molar-refractivity contribution in [2.24, 2.45) is 5.10 Å². The Kier molecular flexibility index (Phi) is 4.95. The zero-order valence-corrected chi connectivity index (χ0v) is 13.5. The van der Waals surface area contributed by atoms with Gasteiger partial charge in [-0.25, -0.2) is 5.43 Å². The molecule has 0 radical (unpaired) electrons. The molecule has 1 aliphatic rings. The van der Waals surface area contributed by atoms with Crippen molar-refractivity contribution in [3.05, 3.63) is 42.0 Å². The monoisotopic (exact) mass is 335 g/mol. The molecule has 25 heavy (non-hydrogen) atoms. The lowest BCUT2D eigenvalue weighted by Crippen LogP contribution is -2.38. The number of carbonyl (C=O) groups excluding carboxylic acids is 2. The van der Waals surface area contributed by atoms with E-state index < -0.39 is 11.8 Å². The molecule has 2 amide bonds. The van der Waals surface area contributed by atoms with Gasteiger partial charge in [-0.05, 0) is 29.7 Å². The van der Waals surface area contributed by atoms with E-state index in [4.69, 9.17) is 11.2 Å². The third-order valence-electron chi connectivity index (χ3n) is 3.72. The van der Waals surface area contributed by atoms with Gasteiger partial charge in [-0.15, -0.1) is 6.42 Å². The van der Waals surface area contributed by atoms with Crippen LogP contribution in [0.5, 0.6) is 5.75 Å². The van der Waals surface area contributed by atoms with Gasteiger partial charge in [0.05, 0.1) is 6.21 Å². The van der Waals surface area contributed by atoms with Gasteiger partial charge in [0, 0.05) is 11.6 Å². The Balaban J connectivity index is 1.79. The van der Waals surface area contributed by atoms with Gasteiger partial charge in [-0.3, -0.25) is 9.59 Å². The molecule has 3 rings (SSSR count). The minimum atomic E-state index is -0.797. The molecule has 1 fully saturated rings. The molecule has 0 unspecified atom stereocenters. The van der Waals surface area contributed by atoms with Crippen molar-refractivity contribution in [2.75, 3.05) is 6.61 Å². The lowest BCUT2D eigenvalue weighted by molar-refractivity contribution is -0.139. The van der Waals surface area contributed by atoms with E-state index >= 15 is 0 Å². The molecule has 6 heteroatoms. The maximum Gasteiger partial charge on any atom is 0.329 e. The number of hydrazone groups is 1. The van der Waals surface area contributed by atoms with Gasteiger partial charge in [-0.2, -0.15) is 5.10 Å². The summed E-state index contributed by atoms with van der Waals surface area (Å²) in [4.78, 5) is 23.3. The van der Waals surface area contributed by atoms with Gasteiger partial charge in [0.1, 0.15) is 12.4 Å². The third-order valence-corrected chi connectivity index (χ3v) is 3.72. The summed E-state index contributed by atoms with van der Waals surface area (Å²) < 4.78 is 5.54. The smallest absolute Gasteiger partial charge is 0.329 e. The first-order valence-corrected chi connectivity index (χ1v) is 7.91. The second kappa shape index (κ2) is 7.49. The van der Waals surface area contributed by atoms with E-state index in [0.717, 1.165) is 23.6 Å². The van der Waals surface area contributed by atoms with E-state index in [1.807, 2.05) is 30.3 Å². The summed E-state index contributed by atoms with van der Waals surface area (Å²) in [6.07, 6.45) is 8.52. The van der Waals surface area contributed by atoms with Crippen LogP contribution in [-0.2, 0) is 9.59 Å².